The number of nitrogens with one attached hydrogen (secondary N) is 1. The molecule has 20 heavy (non-hydrogen) atoms. The van der Waals surface area contributed by atoms with Crippen LogP contribution >= 0.6 is 11.6 Å². The molecule has 116 valence electrons. The molecule has 3 fully saturated rings. The zero-order chi connectivity index (χ0) is 14.6. The molecule has 0 aliphatic carbocycles. The highest BCUT2D eigenvalue weighted by atomic mass is 35.5. The van der Waals surface area contributed by atoms with E-state index in [0.717, 1.165) is 38.9 Å². The first kappa shape index (κ1) is 16.1. The Balaban J connectivity index is 1.78. The number of piperazine rings is 1. The number of rotatable bonds is 8. The van der Waals surface area contributed by atoms with Gasteiger partial charge in [0, 0.05) is 31.4 Å². The van der Waals surface area contributed by atoms with E-state index in [1.807, 2.05) is 6.92 Å². The van der Waals surface area contributed by atoms with Crippen LogP contribution in [-0.2, 0) is 9.53 Å². The van der Waals surface area contributed by atoms with Gasteiger partial charge in [0.25, 0.3) is 0 Å². The highest BCUT2D eigenvalue weighted by Gasteiger charge is 2.52. The first-order chi connectivity index (χ1) is 9.58. The van der Waals surface area contributed by atoms with E-state index in [1.54, 1.807) is 0 Å². The van der Waals surface area contributed by atoms with Crippen molar-refractivity contribution in [2.45, 2.75) is 57.7 Å². The molecule has 0 aromatic heterocycles. The summed E-state index contributed by atoms with van der Waals surface area (Å²) in [5.74, 6) is 0.574. The fraction of sp³-hybridized carbons (Fsp3) is 0.933. The molecule has 3 rings (SSSR count). The predicted molar refractivity (Wildman–Crippen MR) is 80.8 cm³/mol. The van der Waals surface area contributed by atoms with E-state index >= 15 is 0 Å². The maximum atomic E-state index is 12.2. The number of carbonyl (C=O) groups is 1. The number of esters is 1. The Bertz CT molecular complexity index is 332. The number of hydrogen-bond acceptors (Lipinski definition) is 4. The van der Waals surface area contributed by atoms with Gasteiger partial charge >= 0.3 is 5.97 Å². The average molecular weight is 303 g/mol. The number of nitrogens with zero attached hydrogens (tertiary/aromatic N) is 1. The van der Waals surface area contributed by atoms with E-state index in [-0.39, 0.29) is 11.9 Å². The van der Waals surface area contributed by atoms with Crippen molar-refractivity contribution in [1.29, 1.82) is 0 Å². The highest BCUT2D eigenvalue weighted by Crippen LogP contribution is 2.33. The molecule has 5 heteroatoms. The second kappa shape index (κ2) is 7.10. The largest absolute Gasteiger partial charge is 0.442 e. The van der Waals surface area contributed by atoms with Gasteiger partial charge in [-0.15, -0.1) is 11.6 Å². The van der Waals surface area contributed by atoms with Crippen LogP contribution in [0.5, 0.6) is 0 Å². The second-order valence-corrected chi connectivity index (χ2v) is 6.66. The van der Waals surface area contributed by atoms with Crippen molar-refractivity contribution in [3.8, 4) is 0 Å². The topological polar surface area (TPSA) is 41.6 Å². The van der Waals surface area contributed by atoms with E-state index in [2.05, 4.69) is 17.1 Å². The van der Waals surface area contributed by atoms with Crippen molar-refractivity contribution in [2.24, 2.45) is 5.92 Å². The van der Waals surface area contributed by atoms with Crippen molar-refractivity contribution < 1.29 is 9.53 Å². The van der Waals surface area contributed by atoms with E-state index < -0.39 is 5.72 Å². The Hall–Kier alpha value is -0.320. The van der Waals surface area contributed by atoms with Crippen LogP contribution in [0, 0.1) is 5.92 Å². The molecule has 3 unspecified atom stereocenters. The zero-order valence-corrected chi connectivity index (χ0v) is 13.4. The number of halogens is 1. The molecule has 3 heterocycles. The van der Waals surface area contributed by atoms with Crippen LogP contribution in [0.2, 0.25) is 0 Å². The smallest absolute Gasteiger partial charge is 0.310 e. The Labute approximate surface area is 127 Å². The molecule has 0 aromatic rings. The van der Waals surface area contributed by atoms with Gasteiger partial charge in [0.15, 0.2) is 5.72 Å². The Morgan fingerprint density at radius 3 is 2.95 bits per heavy atom. The summed E-state index contributed by atoms with van der Waals surface area (Å²) in [5, 5.41) is 3.41. The van der Waals surface area contributed by atoms with Crippen LogP contribution < -0.4 is 5.32 Å². The summed E-state index contributed by atoms with van der Waals surface area (Å²) in [4.78, 5) is 14.5. The van der Waals surface area contributed by atoms with E-state index in [9.17, 15) is 4.79 Å². The number of fused-ring (bicyclic) bond motifs is 2. The fourth-order valence-electron chi connectivity index (χ4n) is 3.21. The lowest BCUT2D eigenvalue weighted by molar-refractivity contribution is -0.201. The lowest BCUT2D eigenvalue weighted by atomic mass is 9.86. The molecule has 2 bridgehead atoms. The normalized spacial score (nSPS) is 30.6. The van der Waals surface area contributed by atoms with Crippen LogP contribution in [-0.4, -0.2) is 48.2 Å². The van der Waals surface area contributed by atoms with Crippen LogP contribution in [0.3, 0.4) is 0 Å². The number of piperidine rings is 1. The quantitative estimate of drug-likeness (QED) is 0.424. The Kier molecular flexibility index (Phi) is 5.70. The summed E-state index contributed by atoms with van der Waals surface area (Å²) < 4.78 is 5.78. The molecule has 0 radical (unpaired) electrons. The molecule has 3 aliphatic rings. The number of carbonyl (C=O) groups excluding carboxylic acids is 1. The van der Waals surface area contributed by atoms with Crippen LogP contribution in [0.1, 0.15) is 46.0 Å². The molecule has 0 aromatic carbocycles. The van der Waals surface area contributed by atoms with Crippen LogP contribution in [0.25, 0.3) is 0 Å². The molecular weight excluding hydrogens is 276 g/mol. The Morgan fingerprint density at radius 1 is 1.55 bits per heavy atom. The molecule has 3 atom stereocenters. The number of ether oxygens (including phenoxy) is 1. The summed E-state index contributed by atoms with van der Waals surface area (Å²) in [6, 6.07) is 0.454. The zero-order valence-electron chi connectivity index (χ0n) is 12.7. The number of hydrogen-bond donors (Lipinski definition) is 1. The molecule has 0 spiro atoms. The third kappa shape index (κ3) is 3.86. The van der Waals surface area contributed by atoms with Crippen molar-refractivity contribution in [3.63, 3.8) is 0 Å². The maximum absolute atomic E-state index is 12.2. The lowest BCUT2D eigenvalue weighted by Gasteiger charge is -2.56. The van der Waals surface area contributed by atoms with Crippen molar-refractivity contribution in [2.75, 3.05) is 25.5 Å². The van der Waals surface area contributed by atoms with Crippen molar-refractivity contribution in [1.82, 2.24) is 10.2 Å². The molecular formula is C15H27ClN2O2. The van der Waals surface area contributed by atoms with Gasteiger partial charge in [-0.05, 0) is 6.42 Å². The predicted octanol–water partition coefficient (Wildman–Crippen LogP) is 2.36. The summed E-state index contributed by atoms with van der Waals surface area (Å²) in [6.07, 6.45) is 5.35. The number of alkyl halides is 1. The molecule has 0 amide bonds. The summed E-state index contributed by atoms with van der Waals surface area (Å²) in [6.45, 7) is 6.80. The minimum absolute atomic E-state index is 0.000165. The van der Waals surface area contributed by atoms with Crippen molar-refractivity contribution >= 4 is 17.6 Å². The lowest BCUT2D eigenvalue weighted by Crippen LogP contribution is -2.77. The van der Waals surface area contributed by atoms with E-state index in [4.69, 9.17) is 16.3 Å². The molecule has 4 nitrogen and oxygen atoms in total. The van der Waals surface area contributed by atoms with Gasteiger partial charge in [-0.25, -0.2) is 0 Å². The molecule has 1 N–H and O–H groups in total. The second-order valence-electron chi connectivity index (χ2n) is 6.28. The van der Waals surface area contributed by atoms with Gasteiger partial charge in [0.05, 0.1) is 12.5 Å². The molecule has 3 aliphatic heterocycles. The van der Waals surface area contributed by atoms with Gasteiger partial charge < -0.3 is 4.74 Å². The van der Waals surface area contributed by atoms with Crippen molar-refractivity contribution in [3.05, 3.63) is 0 Å². The fourth-order valence-corrected chi connectivity index (χ4v) is 3.45. The number of unbranched alkanes of at least 4 members (excludes halogenated alkanes) is 2. The standard InChI is InChI=1S/C15H27ClN2O2/c1-3-4-5-6-12(2)14(19)20-15-9-13(17-15)10-18(11-15)8-7-16/h12-13,17H,3-11H2,1-2H3. The van der Waals surface area contributed by atoms with Gasteiger partial charge in [-0.2, -0.15) is 0 Å². The Morgan fingerprint density at radius 2 is 2.30 bits per heavy atom. The minimum atomic E-state index is -0.439. The third-order valence-electron chi connectivity index (χ3n) is 4.34. The van der Waals surface area contributed by atoms with E-state index in [0.29, 0.717) is 11.9 Å². The van der Waals surface area contributed by atoms with Crippen LogP contribution in [0.4, 0.5) is 0 Å². The van der Waals surface area contributed by atoms with E-state index in [1.165, 1.54) is 12.8 Å². The summed E-state index contributed by atoms with van der Waals surface area (Å²) >= 11 is 5.80. The van der Waals surface area contributed by atoms with Crippen LogP contribution in [0.15, 0.2) is 0 Å². The average Bonchev–Trinajstić information content (AvgIpc) is 2.38. The summed E-state index contributed by atoms with van der Waals surface area (Å²) in [7, 11) is 0. The minimum Gasteiger partial charge on any atom is -0.442 e. The maximum Gasteiger partial charge on any atom is 0.310 e. The highest BCUT2D eigenvalue weighted by molar-refractivity contribution is 6.18. The monoisotopic (exact) mass is 302 g/mol. The van der Waals surface area contributed by atoms with Gasteiger partial charge in [0.1, 0.15) is 0 Å². The first-order valence-electron chi connectivity index (χ1n) is 7.87. The molecule has 0 saturated carbocycles. The van der Waals surface area contributed by atoms with Gasteiger partial charge in [-0.1, -0.05) is 33.1 Å². The summed E-state index contributed by atoms with van der Waals surface area (Å²) in [5.41, 5.74) is -0.439. The first-order valence-corrected chi connectivity index (χ1v) is 8.41. The SMILES string of the molecule is CCCCCC(C)C(=O)OC12CC(CN(CCCl)C1)N2. The third-order valence-corrected chi connectivity index (χ3v) is 4.51. The molecule has 3 saturated heterocycles. The van der Waals surface area contributed by atoms with Gasteiger partial charge in [0.2, 0.25) is 0 Å². The van der Waals surface area contributed by atoms with Gasteiger partial charge in [-0.3, -0.25) is 15.0 Å².